The fourth-order valence-corrected chi connectivity index (χ4v) is 3.79. The SMILES string of the molecule is CC(C)CCNCCC(C)C1CCN(CC2CNC[C@@H]2F)C1. The predicted molar refractivity (Wildman–Crippen MR) is 91.9 cm³/mol. The standard InChI is InChI=1S/C18H36FN3/c1-14(2)4-7-20-8-5-15(3)16-6-9-22(12-16)13-17-10-21-11-18(17)19/h14-18,20-21H,4-13H2,1-3H3/t15?,16?,17?,18-/m0/s1. The molecule has 0 spiro atoms. The number of likely N-dealkylation sites (tertiary alicyclic amines) is 1. The molecule has 0 aliphatic carbocycles. The van der Waals surface area contributed by atoms with Crippen LogP contribution in [0.15, 0.2) is 0 Å². The molecule has 0 saturated carbocycles. The lowest BCUT2D eigenvalue weighted by Gasteiger charge is -2.23. The summed E-state index contributed by atoms with van der Waals surface area (Å²) >= 11 is 0. The van der Waals surface area contributed by atoms with E-state index in [9.17, 15) is 4.39 Å². The third kappa shape index (κ3) is 5.78. The molecule has 3 nitrogen and oxygen atoms in total. The van der Waals surface area contributed by atoms with E-state index >= 15 is 0 Å². The van der Waals surface area contributed by atoms with Crippen LogP contribution >= 0.6 is 0 Å². The molecule has 2 fully saturated rings. The van der Waals surface area contributed by atoms with E-state index < -0.39 is 6.17 Å². The molecule has 3 unspecified atom stereocenters. The second-order valence-corrected chi connectivity index (χ2v) is 7.94. The molecular formula is C18H36FN3. The molecular weight excluding hydrogens is 277 g/mol. The second kappa shape index (κ2) is 9.19. The van der Waals surface area contributed by atoms with Crippen molar-refractivity contribution in [2.75, 3.05) is 45.8 Å². The third-order valence-electron chi connectivity index (χ3n) is 5.54. The van der Waals surface area contributed by atoms with Crippen molar-refractivity contribution in [2.24, 2.45) is 23.7 Å². The van der Waals surface area contributed by atoms with Crippen molar-refractivity contribution in [3.05, 3.63) is 0 Å². The summed E-state index contributed by atoms with van der Waals surface area (Å²) < 4.78 is 13.7. The molecule has 2 N–H and O–H groups in total. The van der Waals surface area contributed by atoms with E-state index in [0.717, 1.165) is 43.9 Å². The summed E-state index contributed by atoms with van der Waals surface area (Å²) in [7, 11) is 0. The summed E-state index contributed by atoms with van der Waals surface area (Å²) in [5, 5.41) is 6.74. The molecule has 4 heteroatoms. The molecule has 2 aliphatic rings. The summed E-state index contributed by atoms with van der Waals surface area (Å²) in [5.41, 5.74) is 0. The van der Waals surface area contributed by atoms with Crippen molar-refractivity contribution < 1.29 is 4.39 Å². The Morgan fingerprint density at radius 3 is 2.64 bits per heavy atom. The van der Waals surface area contributed by atoms with Crippen LogP contribution in [0.1, 0.15) is 40.0 Å². The number of hydrogen-bond donors (Lipinski definition) is 2. The highest BCUT2D eigenvalue weighted by Crippen LogP contribution is 2.27. The van der Waals surface area contributed by atoms with Gasteiger partial charge in [0.1, 0.15) is 6.17 Å². The number of hydrogen-bond acceptors (Lipinski definition) is 3. The molecule has 22 heavy (non-hydrogen) atoms. The number of alkyl halides is 1. The van der Waals surface area contributed by atoms with Gasteiger partial charge in [-0.15, -0.1) is 0 Å². The van der Waals surface area contributed by atoms with Gasteiger partial charge in [0, 0.05) is 32.1 Å². The summed E-state index contributed by atoms with van der Waals surface area (Å²) in [6.07, 6.45) is 3.20. The average Bonchev–Trinajstić information content (AvgIpc) is 3.08. The maximum absolute atomic E-state index is 13.7. The number of nitrogens with zero attached hydrogens (tertiary/aromatic N) is 1. The Kier molecular flexibility index (Phi) is 7.58. The smallest absolute Gasteiger partial charge is 0.118 e. The largest absolute Gasteiger partial charge is 0.317 e. The van der Waals surface area contributed by atoms with Crippen LogP contribution in [0.4, 0.5) is 4.39 Å². The zero-order valence-corrected chi connectivity index (χ0v) is 14.8. The van der Waals surface area contributed by atoms with E-state index in [0.29, 0.717) is 6.54 Å². The van der Waals surface area contributed by atoms with Crippen LogP contribution < -0.4 is 10.6 Å². The van der Waals surface area contributed by atoms with Crippen LogP contribution in [0.5, 0.6) is 0 Å². The topological polar surface area (TPSA) is 27.3 Å². The number of rotatable bonds is 9. The molecule has 130 valence electrons. The first-order valence-electron chi connectivity index (χ1n) is 9.34. The molecule has 0 aromatic heterocycles. The minimum atomic E-state index is -0.637. The van der Waals surface area contributed by atoms with Gasteiger partial charge >= 0.3 is 0 Å². The van der Waals surface area contributed by atoms with E-state index in [4.69, 9.17) is 0 Å². The minimum Gasteiger partial charge on any atom is -0.317 e. The number of halogens is 1. The van der Waals surface area contributed by atoms with Gasteiger partial charge < -0.3 is 15.5 Å². The Morgan fingerprint density at radius 1 is 1.18 bits per heavy atom. The number of nitrogens with one attached hydrogen (secondary N) is 2. The van der Waals surface area contributed by atoms with Gasteiger partial charge in [-0.2, -0.15) is 0 Å². The molecule has 2 aliphatic heterocycles. The van der Waals surface area contributed by atoms with Crippen molar-refractivity contribution in [1.82, 2.24) is 15.5 Å². The van der Waals surface area contributed by atoms with E-state index in [1.807, 2.05) is 0 Å². The zero-order valence-electron chi connectivity index (χ0n) is 14.8. The third-order valence-corrected chi connectivity index (χ3v) is 5.54. The zero-order chi connectivity index (χ0) is 15.9. The maximum atomic E-state index is 13.7. The molecule has 0 bridgehead atoms. The van der Waals surface area contributed by atoms with E-state index in [-0.39, 0.29) is 5.92 Å². The molecule has 2 heterocycles. The quantitative estimate of drug-likeness (QED) is 0.641. The van der Waals surface area contributed by atoms with Crippen LogP contribution in [-0.4, -0.2) is 56.9 Å². The van der Waals surface area contributed by atoms with E-state index in [1.54, 1.807) is 0 Å². The Balaban J connectivity index is 1.58. The van der Waals surface area contributed by atoms with Crippen molar-refractivity contribution in [3.8, 4) is 0 Å². The van der Waals surface area contributed by atoms with Gasteiger partial charge in [-0.05, 0) is 56.7 Å². The average molecular weight is 314 g/mol. The van der Waals surface area contributed by atoms with Gasteiger partial charge in [0.2, 0.25) is 0 Å². The van der Waals surface area contributed by atoms with Gasteiger partial charge in [0.15, 0.2) is 0 Å². The molecule has 2 saturated heterocycles. The van der Waals surface area contributed by atoms with Gasteiger partial charge in [-0.25, -0.2) is 4.39 Å². The maximum Gasteiger partial charge on any atom is 0.118 e. The summed E-state index contributed by atoms with van der Waals surface area (Å²) in [6.45, 7) is 13.9. The first-order chi connectivity index (χ1) is 10.6. The molecule has 4 atom stereocenters. The first kappa shape index (κ1) is 18.2. The Morgan fingerprint density at radius 2 is 1.95 bits per heavy atom. The van der Waals surface area contributed by atoms with E-state index in [2.05, 4.69) is 36.3 Å². The van der Waals surface area contributed by atoms with Gasteiger partial charge in [0.05, 0.1) is 0 Å². The molecule has 0 amide bonds. The van der Waals surface area contributed by atoms with E-state index in [1.165, 1.54) is 32.4 Å². The highest BCUT2D eigenvalue weighted by Gasteiger charge is 2.32. The Hall–Kier alpha value is -0.190. The second-order valence-electron chi connectivity index (χ2n) is 7.94. The van der Waals surface area contributed by atoms with Crippen LogP contribution in [0.2, 0.25) is 0 Å². The van der Waals surface area contributed by atoms with Gasteiger partial charge in [-0.3, -0.25) is 0 Å². The fourth-order valence-electron chi connectivity index (χ4n) is 3.79. The van der Waals surface area contributed by atoms with Crippen LogP contribution in [0.25, 0.3) is 0 Å². The van der Waals surface area contributed by atoms with Crippen LogP contribution in [0, 0.1) is 23.7 Å². The summed E-state index contributed by atoms with van der Waals surface area (Å²) in [4.78, 5) is 2.50. The van der Waals surface area contributed by atoms with Crippen molar-refractivity contribution >= 4 is 0 Å². The van der Waals surface area contributed by atoms with Gasteiger partial charge in [0.25, 0.3) is 0 Å². The van der Waals surface area contributed by atoms with Crippen LogP contribution in [0.3, 0.4) is 0 Å². The van der Waals surface area contributed by atoms with Crippen molar-refractivity contribution in [3.63, 3.8) is 0 Å². The molecule has 2 rings (SSSR count). The predicted octanol–water partition coefficient (Wildman–Crippen LogP) is 2.53. The minimum absolute atomic E-state index is 0.215. The van der Waals surface area contributed by atoms with Gasteiger partial charge in [-0.1, -0.05) is 20.8 Å². The van der Waals surface area contributed by atoms with Crippen molar-refractivity contribution in [2.45, 2.75) is 46.2 Å². The monoisotopic (exact) mass is 313 g/mol. The summed E-state index contributed by atoms with van der Waals surface area (Å²) in [6, 6.07) is 0. The lowest BCUT2D eigenvalue weighted by Crippen LogP contribution is -2.32. The lowest BCUT2D eigenvalue weighted by atomic mass is 9.90. The molecule has 0 aromatic carbocycles. The highest BCUT2D eigenvalue weighted by molar-refractivity contribution is 4.87. The molecule has 0 aromatic rings. The summed E-state index contributed by atoms with van der Waals surface area (Å²) in [5.74, 6) is 2.59. The Labute approximate surface area is 136 Å². The lowest BCUT2D eigenvalue weighted by molar-refractivity contribution is 0.201. The normalized spacial score (nSPS) is 31.2. The van der Waals surface area contributed by atoms with Crippen molar-refractivity contribution in [1.29, 1.82) is 0 Å². The van der Waals surface area contributed by atoms with Crippen LogP contribution in [-0.2, 0) is 0 Å². The Bertz CT molecular complexity index is 311. The first-order valence-corrected chi connectivity index (χ1v) is 9.34. The molecule has 0 radical (unpaired) electrons. The highest BCUT2D eigenvalue weighted by atomic mass is 19.1. The fraction of sp³-hybridized carbons (Fsp3) is 1.00.